The van der Waals surface area contributed by atoms with Gasteiger partial charge in [-0.3, -0.25) is 0 Å². The van der Waals surface area contributed by atoms with Crippen LogP contribution in [0.2, 0.25) is 5.02 Å². The molecule has 4 heteroatoms. The van der Waals surface area contributed by atoms with Gasteiger partial charge in [-0.05, 0) is 47.0 Å². The molecule has 0 saturated carbocycles. The second kappa shape index (κ2) is 5.72. The van der Waals surface area contributed by atoms with Gasteiger partial charge in [-0.2, -0.15) is 0 Å². The molecule has 0 amide bonds. The van der Waals surface area contributed by atoms with E-state index in [1.54, 1.807) is 6.20 Å². The summed E-state index contributed by atoms with van der Waals surface area (Å²) in [7, 11) is 0. The molecule has 0 fully saturated rings. The monoisotopic (exact) mass is 324 g/mol. The normalized spacial score (nSPS) is 12.2. The van der Waals surface area contributed by atoms with Gasteiger partial charge in [-0.25, -0.2) is 4.98 Å². The Balaban J connectivity index is 2.21. The fourth-order valence-corrected chi connectivity index (χ4v) is 2.56. The van der Waals surface area contributed by atoms with Crippen LogP contribution in [0.25, 0.3) is 0 Å². The van der Waals surface area contributed by atoms with E-state index < -0.39 is 0 Å². The van der Waals surface area contributed by atoms with Crippen molar-refractivity contribution in [3.8, 4) is 0 Å². The van der Waals surface area contributed by atoms with Crippen LogP contribution in [0.5, 0.6) is 0 Å². The molecule has 1 aromatic heterocycles. The zero-order valence-corrected chi connectivity index (χ0v) is 12.6. The highest BCUT2D eigenvalue weighted by atomic mass is 79.9. The van der Waals surface area contributed by atoms with E-state index >= 15 is 0 Å². The number of hydrogen-bond donors (Lipinski definition) is 1. The first-order chi connectivity index (χ1) is 8.58. The lowest BCUT2D eigenvalue weighted by atomic mass is 10.0. The number of anilines is 1. The summed E-state index contributed by atoms with van der Waals surface area (Å²) in [5.74, 6) is 0.704. The molecule has 0 saturated heterocycles. The van der Waals surface area contributed by atoms with Gasteiger partial charge in [0.05, 0.1) is 11.1 Å². The van der Waals surface area contributed by atoms with Crippen molar-refractivity contribution in [2.24, 2.45) is 0 Å². The molecule has 1 atom stereocenters. The van der Waals surface area contributed by atoms with Crippen molar-refractivity contribution in [1.29, 1.82) is 0 Å². The standard InChI is InChI=1S/C14H14BrClN2/c1-9-5-3-4-6-12(9)10(2)18-14-13(16)7-11(15)8-17-14/h3-8,10H,1-2H3,(H,17,18). The summed E-state index contributed by atoms with van der Waals surface area (Å²) in [5.41, 5.74) is 2.50. The SMILES string of the molecule is Cc1ccccc1C(C)Nc1ncc(Br)cc1Cl. The molecule has 2 aromatic rings. The number of rotatable bonds is 3. The van der Waals surface area contributed by atoms with Gasteiger partial charge in [0.1, 0.15) is 5.82 Å². The summed E-state index contributed by atoms with van der Waals surface area (Å²) in [6.07, 6.45) is 1.73. The molecule has 2 nitrogen and oxygen atoms in total. The van der Waals surface area contributed by atoms with E-state index in [1.165, 1.54) is 11.1 Å². The third kappa shape index (κ3) is 3.03. The van der Waals surface area contributed by atoms with E-state index in [1.807, 2.05) is 18.2 Å². The average Bonchev–Trinajstić information content (AvgIpc) is 2.33. The maximum Gasteiger partial charge on any atom is 0.145 e. The van der Waals surface area contributed by atoms with Gasteiger partial charge in [-0.1, -0.05) is 35.9 Å². The Bertz CT molecular complexity index is 557. The van der Waals surface area contributed by atoms with Crippen molar-refractivity contribution in [2.75, 3.05) is 5.32 Å². The van der Waals surface area contributed by atoms with Crippen molar-refractivity contribution in [3.05, 3.63) is 57.2 Å². The van der Waals surface area contributed by atoms with Gasteiger partial charge in [0.25, 0.3) is 0 Å². The topological polar surface area (TPSA) is 24.9 Å². The van der Waals surface area contributed by atoms with E-state index in [-0.39, 0.29) is 6.04 Å². The minimum absolute atomic E-state index is 0.164. The first kappa shape index (κ1) is 13.4. The number of nitrogens with one attached hydrogen (secondary N) is 1. The number of halogens is 2. The zero-order chi connectivity index (χ0) is 13.1. The Morgan fingerprint density at radius 2 is 2.06 bits per heavy atom. The predicted octanol–water partition coefficient (Wildman–Crippen LogP) is 4.98. The number of benzene rings is 1. The number of aryl methyl sites for hydroxylation is 1. The molecule has 0 aliphatic rings. The molecule has 0 radical (unpaired) electrons. The molecule has 0 bridgehead atoms. The Kier molecular flexibility index (Phi) is 4.25. The van der Waals surface area contributed by atoms with Crippen molar-refractivity contribution in [3.63, 3.8) is 0 Å². The van der Waals surface area contributed by atoms with Crippen LogP contribution in [0, 0.1) is 6.92 Å². The van der Waals surface area contributed by atoms with Gasteiger partial charge in [0, 0.05) is 10.7 Å². The molecule has 0 aliphatic heterocycles. The van der Waals surface area contributed by atoms with Crippen LogP contribution in [-0.2, 0) is 0 Å². The average molecular weight is 326 g/mol. The minimum atomic E-state index is 0.164. The molecule has 1 heterocycles. The fourth-order valence-electron chi connectivity index (χ4n) is 1.88. The van der Waals surface area contributed by atoms with E-state index in [2.05, 4.69) is 52.2 Å². The molecule has 18 heavy (non-hydrogen) atoms. The van der Waals surface area contributed by atoms with Crippen molar-refractivity contribution in [2.45, 2.75) is 19.9 Å². The Morgan fingerprint density at radius 1 is 1.33 bits per heavy atom. The lowest BCUT2D eigenvalue weighted by Gasteiger charge is -2.17. The van der Waals surface area contributed by atoms with Crippen molar-refractivity contribution >= 4 is 33.3 Å². The quantitative estimate of drug-likeness (QED) is 0.861. The zero-order valence-electron chi connectivity index (χ0n) is 10.2. The number of aromatic nitrogens is 1. The van der Waals surface area contributed by atoms with Gasteiger partial charge in [-0.15, -0.1) is 0 Å². The first-order valence-electron chi connectivity index (χ1n) is 5.71. The van der Waals surface area contributed by atoms with E-state index in [0.717, 1.165) is 4.47 Å². The molecule has 1 unspecified atom stereocenters. The van der Waals surface area contributed by atoms with Gasteiger partial charge in [0.15, 0.2) is 0 Å². The lowest BCUT2D eigenvalue weighted by Crippen LogP contribution is -2.09. The summed E-state index contributed by atoms with van der Waals surface area (Å²) in [6, 6.07) is 10.3. The third-order valence-electron chi connectivity index (χ3n) is 2.82. The highest BCUT2D eigenvalue weighted by Crippen LogP contribution is 2.27. The molecule has 1 N–H and O–H groups in total. The number of hydrogen-bond acceptors (Lipinski definition) is 2. The summed E-state index contributed by atoms with van der Waals surface area (Å²) in [5, 5.41) is 3.95. The fraction of sp³-hybridized carbons (Fsp3) is 0.214. The summed E-state index contributed by atoms with van der Waals surface area (Å²) < 4.78 is 0.876. The van der Waals surface area contributed by atoms with Crippen LogP contribution >= 0.6 is 27.5 Å². The predicted molar refractivity (Wildman–Crippen MR) is 80.2 cm³/mol. The van der Waals surface area contributed by atoms with Gasteiger partial charge < -0.3 is 5.32 Å². The van der Waals surface area contributed by atoms with Crippen LogP contribution in [0.4, 0.5) is 5.82 Å². The van der Waals surface area contributed by atoms with Crippen LogP contribution in [-0.4, -0.2) is 4.98 Å². The Morgan fingerprint density at radius 3 is 2.72 bits per heavy atom. The second-order valence-electron chi connectivity index (χ2n) is 4.21. The van der Waals surface area contributed by atoms with Crippen LogP contribution < -0.4 is 5.32 Å². The summed E-state index contributed by atoms with van der Waals surface area (Å²) >= 11 is 9.49. The van der Waals surface area contributed by atoms with Crippen LogP contribution in [0.3, 0.4) is 0 Å². The van der Waals surface area contributed by atoms with E-state index in [9.17, 15) is 0 Å². The minimum Gasteiger partial charge on any atom is -0.362 e. The first-order valence-corrected chi connectivity index (χ1v) is 6.88. The molecule has 0 aliphatic carbocycles. The number of nitrogens with zero attached hydrogens (tertiary/aromatic N) is 1. The molecule has 2 rings (SSSR count). The molecule has 94 valence electrons. The Hall–Kier alpha value is -1.06. The third-order valence-corrected chi connectivity index (χ3v) is 3.54. The summed E-state index contributed by atoms with van der Waals surface area (Å²) in [6.45, 7) is 4.20. The van der Waals surface area contributed by atoms with Crippen LogP contribution in [0.15, 0.2) is 41.0 Å². The summed E-state index contributed by atoms with van der Waals surface area (Å²) in [4.78, 5) is 4.28. The highest BCUT2D eigenvalue weighted by molar-refractivity contribution is 9.10. The second-order valence-corrected chi connectivity index (χ2v) is 5.53. The van der Waals surface area contributed by atoms with E-state index in [4.69, 9.17) is 11.6 Å². The lowest BCUT2D eigenvalue weighted by molar-refractivity contribution is 0.864. The molecular formula is C14H14BrClN2. The molecule has 0 spiro atoms. The van der Waals surface area contributed by atoms with Crippen LogP contribution in [0.1, 0.15) is 24.1 Å². The molecular weight excluding hydrogens is 312 g/mol. The maximum absolute atomic E-state index is 6.15. The smallest absolute Gasteiger partial charge is 0.145 e. The highest BCUT2D eigenvalue weighted by Gasteiger charge is 2.10. The van der Waals surface area contributed by atoms with Crippen molar-refractivity contribution in [1.82, 2.24) is 4.98 Å². The van der Waals surface area contributed by atoms with Gasteiger partial charge in [0.2, 0.25) is 0 Å². The van der Waals surface area contributed by atoms with E-state index in [0.29, 0.717) is 10.8 Å². The van der Waals surface area contributed by atoms with Gasteiger partial charge >= 0.3 is 0 Å². The van der Waals surface area contributed by atoms with Crippen molar-refractivity contribution < 1.29 is 0 Å². The number of pyridine rings is 1. The Labute approximate surface area is 121 Å². The largest absolute Gasteiger partial charge is 0.362 e. The molecule has 1 aromatic carbocycles. The maximum atomic E-state index is 6.15.